The second-order valence-corrected chi connectivity index (χ2v) is 7.48. The summed E-state index contributed by atoms with van der Waals surface area (Å²) >= 11 is 0. The average Bonchev–Trinajstić information content (AvgIpc) is 2.85. The Morgan fingerprint density at radius 1 is 1.00 bits per heavy atom. The molecule has 4 rings (SSSR count). The van der Waals surface area contributed by atoms with E-state index in [1.165, 1.54) is 5.56 Å². The van der Waals surface area contributed by atoms with Crippen molar-refractivity contribution >= 4 is 5.91 Å². The van der Waals surface area contributed by atoms with Gasteiger partial charge in [0, 0.05) is 44.8 Å². The largest absolute Gasteiger partial charge is 0.373 e. The average molecular weight is 366 g/mol. The number of carbonyl (C=O) groups is 1. The molecule has 0 radical (unpaired) electrons. The summed E-state index contributed by atoms with van der Waals surface area (Å²) < 4.78 is 6.25. The summed E-state index contributed by atoms with van der Waals surface area (Å²) in [6.45, 7) is 4.64. The number of ether oxygens (including phenoxy) is 1. The van der Waals surface area contributed by atoms with E-state index in [0.717, 1.165) is 38.2 Å². The van der Waals surface area contributed by atoms with Gasteiger partial charge in [0.25, 0.3) is 0 Å². The highest BCUT2D eigenvalue weighted by molar-refractivity contribution is 5.77. The second kappa shape index (κ2) is 8.15. The van der Waals surface area contributed by atoms with E-state index in [4.69, 9.17) is 4.74 Å². The lowest BCUT2D eigenvalue weighted by Crippen LogP contribution is -2.47. The Balaban J connectivity index is 1.34. The Hall–Kier alpha value is -2.31. The van der Waals surface area contributed by atoms with Gasteiger partial charge in [0.15, 0.2) is 0 Å². The van der Waals surface area contributed by atoms with Crippen LogP contribution in [0.2, 0.25) is 0 Å². The fraction of sp³-hybridized carbons (Fsp3) is 0.476. The molecule has 2 aromatic rings. The van der Waals surface area contributed by atoms with Crippen molar-refractivity contribution in [3.8, 4) is 0 Å². The highest BCUT2D eigenvalue weighted by Gasteiger charge is 2.40. The zero-order valence-corrected chi connectivity index (χ0v) is 15.6. The topological polar surface area (TPSA) is 58.6 Å². The van der Waals surface area contributed by atoms with E-state index < -0.39 is 0 Å². The molecule has 1 amide bonds. The lowest BCUT2D eigenvalue weighted by atomic mass is 9.87. The Bertz CT molecular complexity index is 745. The van der Waals surface area contributed by atoms with E-state index in [1.807, 2.05) is 35.5 Å². The number of aromatic nitrogens is 2. The van der Waals surface area contributed by atoms with Crippen molar-refractivity contribution in [3.63, 3.8) is 0 Å². The Labute approximate surface area is 160 Å². The van der Waals surface area contributed by atoms with Gasteiger partial charge in [-0.1, -0.05) is 6.07 Å². The van der Waals surface area contributed by atoms with Gasteiger partial charge in [0.1, 0.15) is 0 Å². The number of hydrogen-bond donors (Lipinski definition) is 0. The van der Waals surface area contributed by atoms with E-state index in [2.05, 4.69) is 27.0 Å². The monoisotopic (exact) mass is 366 g/mol. The number of nitrogens with zero attached hydrogens (tertiary/aromatic N) is 4. The van der Waals surface area contributed by atoms with Gasteiger partial charge in [-0.05, 0) is 42.7 Å². The number of carbonyl (C=O) groups excluding carboxylic acids is 1. The summed E-state index contributed by atoms with van der Waals surface area (Å²) in [4.78, 5) is 25.6. The lowest BCUT2D eigenvalue weighted by molar-refractivity contribution is -0.136. The second-order valence-electron chi connectivity index (χ2n) is 7.48. The van der Waals surface area contributed by atoms with Crippen LogP contribution in [0, 0.1) is 0 Å². The van der Waals surface area contributed by atoms with E-state index in [9.17, 15) is 4.79 Å². The molecule has 0 N–H and O–H groups in total. The highest BCUT2D eigenvalue weighted by atomic mass is 16.5. The molecule has 2 aromatic heterocycles. The van der Waals surface area contributed by atoms with Crippen LogP contribution < -0.4 is 0 Å². The Morgan fingerprint density at radius 3 is 2.56 bits per heavy atom. The third kappa shape index (κ3) is 4.51. The zero-order chi connectivity index (χ0) is 18.5. The van der Waals surface area contributed by atoms with Crippen LogP contribution in [0.1, 0.15) is 30.5 Å². The maximum atomic E-state index is 12.9. The van der Waals surface area contributed by atoms with Gasteiger partial charge in [0.2, 0.25) is 5.91 Å². The summed E-state index contributed by atoms with van der Waals surface area (Å²) in [5.41, 5.74) is 1.90. The predicted octanol–water partition coefficient (Wildman–Crippen LogP) is 2.26. The van der Waals surface area contributed by atoms with Crippen molar-refractivity contribution in [2.45, 2.75) is 38.0 Å². The number of pyridine rings is 2. The summed E-state index contributed by atoms with van der Waals surface area (Å²) in [5.74, 6) is 0.181. The number of rotatable bonds is 4. The molecule has 27 heavy (non-hydrogen) atoms. The van der Waals surface area contributed by atoms with Crippen molar-refractivity contribution < 1.29 is 9.53 Å². The quantitative estimate of drug-likeness (QED) is 0.831. The standard InChI is InChI=1S/C21H26N4O2/c26-20-15-21(27-14-13-25(20)17-19-3-1-2-8-23-19)6-11-24(12-7-21)16-18-4-9-22-10-5-18/h1-5,8-10H,6-7,11-17H2. The van der Waals surface area contributed by atoms with Crippen LogP contribution in [-0.4, -0.2) is 57.5 Å². The smallest absolute Gasteiger partial charge is 0.225 e. The maximum Gasteiger partial charge on any atom is 0.225 e. The van der Waals surface area contributed by atoms with Crippen LogP contribution >= 0.6 is 0 Å². The molecule has 6 heteroatoms. The molecule has 0 saturated carbocycles. The van der Waals surface area contributed by atoms with Gasteiger partial charge in [-0.2, -0.15) is 0 Å². The molecule has 0 aromatic carbocycles. The normalized spacial score (nSPS) is 20.6. The first kappa shape index (κ1) is 18.1. The minimum absolute atomic E-state index is 0.181. The number of piperidine rings is 1. The van der Waals surface area contributed by atoms with Gasteiger partial charge in [-0.3, -0.25) is 19.7 Å². The van der Waals surface area contributed by atoms with Crippen molar-refractivity contribution in [3.05, 3.63) is 60.2 Å². The highest BCUT2D eigenvalue weighted by Crippen LogP contribution is 2.33. The summed E-state index contributed by atoms with van der Waals surface area (Å²) in [7, 11) is 0. The summed E-state index contributed by atoms with van der Waals surface area (Å²) in [6, 6.07) is 9.94. The molecule has 0 bridgehead atoms. The molecular weight excluding hydrogens is 340 g/mol. The molecule has 2 saturated heterocycles. The molecule has 0 aliphatic carbocycles. The number of hydrogen-bond acceptors (Lipinski definition) is 5. The first-order valence-corrected chi connectivity index (χ1v) is 9.65. The van der Waals surface area contributed by atoms with Crippen molar-refractivity contribution in [1.82, 2.24) is 19.8 Å². The molecule has 0 atom stereocenters. The molecule has 2 aliphatic rings. The Kier molecular flexibility index (Phi) is 5.45. The molecule has 2 aliphatic heterocycles. The third-order valence-electron chi connectivity index (χ3n) is 5.60. The van der Waals surface area contributed by atoms with E-state index >= 15 is 0 Å². The molecule has 4 heterocycles. The third-order valence-corrected chi connectivity index (χ3v) is 5.60. The van der Waals surface area contributed by atoms with Crippen molar-refractivity contribution in [2.75, 3.05) is 26.2 Å². The molecule has 2 fully saturated rings. The van der Waals surface area contributed by atoms with Crippen LogP contribution in [0.3, 0.4) is 0 Å². The molecular formula is C21H26N4O2. The van der Waals surface area contributed by atoms with Crippen LogP contribution in [0.4, 0.5) is 0 Å². The van der Waals surface area contributed by atoms with Crippen LogP contribution in [0.25, 0.3) is 0 Å². The van der Waals surface area contributed by atoms with Crippen LogP contribution in [0.15, 0.2) is 48.9 Å². The number of likely N-dealkylation sites (tertiary alicyclic amines) is 1. The number of amides is 1. The van der Waals surface area contributed by atoms with Crippen LogP contribution in [-0.2, 0) is 22.6 Å². The van der Waals surface area contributed by atoms with E-state index in [-0.39, 0.29) is 11.5 Å². The zero-order valence-electron chi connectivity index (χ0n) is 15.6. The van der Waals surface area contributed by atoms with Gasteiger partial charge in [-0.25, -0.2) is 0 Å². The summed E-state index contributed by atoms with van der Waals surface area (Å²) in [6.07, 6.45) is 7.73. The van der Waals surface area contributed by atoms with E-state index in [0.29, 0.717) is 26.1 Å². The van der Waals surface area contributed by atoms with Crippen LogP contribution in [0.5, 0.6) is 0 Å². The minimum Gasteiger partial charge on any atom is -0.373 e. The SMILES string of the molecule is O=C1CC2(CCN(Cc3ccncc3)CC2)OCCN1Cc1ccccn1. The molecule has 0 unspecified atom stereocenters. The fourth-order valence-electron chi connectivity index (χ4n) is 3.98. The first-order chi connectivity index (χ1) is 13.2. The fourth-order valence-corrected chi connectivity index (χ4v) is 3.98. The van der Waals surface area contributed by atoms with Gasteiger partial charge in [-0.15, -0.1) is 0 Å². The lowest BCUT2D eigenvalue weighted by Gasteiger charge is -2.40. The first-order valence-electron chi connectivity index (χ1n) is 9.65. The minimum atomic E-state index is -0.301. The Morgan fingerprint density at radius 2 is 1.81 bits per heavy atom. The molecule has 1 spiro atoms. The molecule has 142 valence electrons. The maximum absolute atomic E-state index is 12.9. The molecule has 6 nitrogen and oxygen atoms in total. The van der Waals surface area contributed by atoms with Gasteiger partial charge in [0.05, 0.1) is 30.9 Å². The van der Waals surface area contributed by atoms with Crippen molar-refractivity contribution in [2.24, 2.45) is 0 Å². The predicted molar refractivity (Wildman–Crippen MR) is 102 cm³/mol. The van der Waals surface area contributed by atoms with E-state index in [1.54, 1.807) is 6.20 Å². The van der Waals surface area contributed by atoms with Gasteiger partial charge < -0.3 is 9.64 Å². The van der Waals surface area contributed by atoms with Crippen molar-refractivity contribution in [1.29, 1.82) is 0 Å². The summed E-state index contributed by atoms with van der Waals surface area (Å²) in [5, 5.41) is 0. The van der Waals surface area contributed by atoms with Gasteiger partial charge >= 0.3 is 0 Å².